The normalized spacial score (nSPS) is 15.2. The first-order valence-electron chi connectivity index (χ1n) is 11.1. The quantitative estimate of drug-likeness (QED) is 0.287. The molecular formula is C23H28FN3O4S. The second kappa shape index (κ2) is 11.9. The molecule has 0 radical (unpaired) electrons. The van der Waals surface area contributed by atoms with Crippen LogP contribution in [0.25, 0.3) is 0 Å². The molecule has 1 aromatic heterocycles. The molecule has 2 aromatic rings. The highest BCUT2D eigenvalue weighted by atomic mass is 32.2. The van der Waals surface area contributed by atoms with E-state index >= 15 is 0 Å². The maximum absolute atomic E-state index is 14.5. The van der Waals surface area contributed by atoms with Crippen molar-refractivity contribution in [1.29, 1.82) is 0 Å². The van der Waals surface area contributed by atoms with Crippen LogP contribution in [0, 0.1) is 11.7 Å². The molecule has 1 aliphatic heterocycles. The summed E-state index contributed by atoms with van der Waals surface area (Å²) in [5.41, 5.74) is 0.184. The van der Waals surface area contributed by atoms with Gasteiger partial charge in [0.25, 0.3) is 5.22 Å². The Balaban J connectivity index is 1.49. The maximum atomic E-state index is 14.5. The summed E-state index contributed by atoms with van der Waals surface area (Å²) < 4.78 is 20.1. The second-order valence-electron chi connectivity index (χ2n) is 7.90. The SMILES string of the molecule is CCCCCCCCCCCc1nnc(Sc2cc3c(cc2F)C(=O)C(C(=O)O)C=N3)o1. The molecule has 9 heteroatoms. The lowest BCUT2D eigenvalue weighted by atomic mass is 9.95. The van der Waals surface area contributed by atoms with Gasteiger partial charge in [-0.25, -0.2) is 4.39 Å². The number of nitrogens with zero attached hydrogens (tertiary/aromatic N) is 3. The molecule has 0 saturated heterocycles. The van der Waals surface area contributed by atoms with Crippen LogP contribution in [0.2, 0.25) is 0 Å². The van der Waals surface area contributed by atoms with Gasteiger partial charge in [-0.1, -0.05) is 58.3 Å². The number of carbonyl (C=O) groups is 2. The fourth-order valence-corrected chi connectivity index (χ4v) is 4.29. The first-order valence-corrected chi connectivity index (χ1v) is 12.0. The number of benzene rings is 1. The summed E-state index contributed by atoms with van der Waals surface area (Å²) >= 11 is 0.956. The molecule has 7 nitrogen and oxygen atoms in total. The third-order valence-corrected chi connectivity index (χ3v) is 6.24. The van der Waals surface area contributed by atoms with Gasteiger partial charge in [0.2, 0.25) is 5.89 Å². The van der Waals surface area contributed by atoms with Crippen molar-refractivity contribution in [2.24, 2.45) is 10.9 Å². The van der Waals surface area contributed by atoms with E-state index in [9.17, 15) is 14.0 Å². The lowest BCUT2D eigenvalue weighted by Gasteiger charge is -2.15. The van der Waals surface area contributed by atoms with Crippen molar-refractivity contribution in [3.63, 3.8) is 0 Å². The summed E-state index contributed by atoms with van der Waals surface area (Å²) in [5, 5.41) is 17.3. The first-order chi connectivity index (χ1) is 15.5. The van der Waals surface area contributed by atoms with Gasteiger partial charge in [0, 0.05) is 18.2 Å². The van der Waals surface area contributed by atoms with Crippen LogP contribution in [-0.4, -0.2) is 33.3 Å². The number of hydrogen-bond donors (Lipinski definition) is 1. The number of unbranched alkanes of at least 4 members (excludes halogenated alkanes) is 8. The van der Waals surface area contributed by atoms with Gasteiger partial charge in [0.05, 0.1) is 10.6 Å². The molecule has 3 rings (SSSR count). The van der Waals surface area contributed by atoms with E-state index in [-0.39, 0.29) is 21.4 Å². The minimum atomic E-state index is -1.39. The average molecular weight is 462 g/mol. The number of aryl methyl sites for hydroxylation is 1. The number of hydrogen-bond acceptors (Lipinski definition) is 7. The molecule has 0 fully saturated rings. The number of carboxylic acid groups (broad SMARTS) is 1. The highest BCUT2D eigenvalue weighted by molar-refractivity contribution is 7.99. The highest BCUT2D eigenvalue weighted by Gasteiger charge is 2.31. The van der Waals surface area contributed by atoms with Crippen LogP contribution < -0.4 is 0 Å². The largest absolute Gasteiger partial charge is 0.480 e. The molecule has 1 aliphatic rings. The minimum absolute atomic E-state index is 0.0432. The van der Waals surface area contributed by atoms with Crippen LogP contribution in [0.15, 0.2) is 31.7 Å². The van der Waals surface area contributed by atoms with Gasteiger partial charge < -0.3 is 9.52 Å². The van der Waals surface area contributed by atoms with Crippen LogP contribution in [0.4, 0.5) is 10.1 Å². The molecule has 0 amide bonds. The van der Waals surface area contributed by atoms with E-state index < -0.39 is 23.5 Å². The number of fused-ring (bicyclic) bond motifs is 1. The number of carbonyl (C=O) groups excluding carboxylic acids is 1. The standard InChI is InChI=1S/C23H28FN3O4S/c1-2-3-4-5-6-7-8-9-10-11-20-26-27-23(31-20)32-19-13-18-15(12-17(19)24)21(28)16(14-25-18)22(29)30/h12-14,16H,2-11H2,1H3,(H,29,30). The monoisotopic (exact) mass is 461 g/mol. The number of halogens is 1. The molecule has 0 bridgehead atoms. The Morgan fingerprint density at radius 1 is 1.09 bits per heavy atom. The fourth-order valence-electron chi connectivity index (χ4n) is 3.55. The Labute approximate surface area is 190 Å². The molecular weight excluding hydrogens is 433 g/mol. The Morgan fingerprint density at radius 3 is 2.47 bits per heavy atom. The van der Waals surface area contributed by atoms with Crippen molar-refractivity contribution in [3.8, 4) is 0 Å². The van der Waals surface area contributed by atoms with E-state index in [0.29, 0.717) is 12.3 Å². The summed E-state index contributed by atoms with van der Waals surface area (Å²) in [6.07, 6.45) is 12.8. The predicted octanol–water partition coefficient (Wildman–Crippen LogP) is 6.03. The van der Waals surface area contributed by atoms with Gasteiger partial charge in [0.15, 0.2) is 11.7 Å². The van der Waals surface area contributed by atoms with Crippen molar-refractivity contribution in [3.05, 3.63) is 29.4 Å². The third-order valence-electron chi connectivity index (χ3n) is 5.37. The molecule has 0 spiro atoms. The zero-order chi connectivity index (χ0) is 22.9. The van der Waals surface area contributed by atoms with Gasteiger partial charge in [-0.15, -0.1) is 10.2 Å². The zero-order valence-electron chi connectivity index (χ0n) is 18.2. The summed E-state index contributed by atoms with van der Waals surface area (Å²) in [7, 11) is 0. The van der Waals surface area contributed by atoms with Crippen molar-refractivity contribution in [1.82, 2.24) is 10.2 Å². The molecule has 2 heterocycles. The van der Waals surface area contributed by atoms with Crippen molar-refractivity contribution >= 4 is 35.4 Å². The number of aliphatic imine (C=N–C) groups is 1. The van der Waals surface area contributed by atoms with Gasteiger partial charge in [-0.2, -0.15) is 0 Å². The number of Topliss-reactive ketones (excluding diaryl/α,β-unsaturated/α-hetero) is 1. The fraction of sp³-hybridized carbons (Fsp3) is 0.522. The third kappa shape index (κ3) is 6.48. The summed E-state index contributed by atoms with van der Waals surface area (Å²) in [5.74, 6) is -3.53. The minimum Gasteiger partial charge on any atom is -0.480 e. The van der Waals surface area contributed by atoms with Crippen LogP contribution >= 0.6 is 11.8 Å². The molecule has 0 aliphatic carbocycles. The molecule has 32 heavy (non-hydrogen) atoms. The molecule has 0 saturated carbocycles. The Morgan fingerprint density at radius 2 is 1.78 bits per heavy atom. The molecule has 1 aromatic carbocycles. The topological polar surface area (TPSA) is 106 Å². The van der Waals surface area contributed by atoms with E-state index in [1.54, 1.807) is 0 Å². The Kier molecular flexibility index (Phi) is 8.96. The summed E-state index contributed by atoms with van der Waals surface area (Å²) in [6, 6.07) is 2.41. The summed E-state index contributed by atoms with van der Waals surface area (Å²) in [4.78, 5) is 27.5. The van der Waals surface area contributed by atoms with E-state index in [1.165, 1.54) is 51.0 Å². The van der Waals surface area contributed by atoms with E-state index in [0.717, 1.165) is 36.9 Å². The molecule has 1 unspecified atom stereocenters. The Hall–Kier alpha value is -2.55. The average Bonchev–Trinajstić information content (AvgIpc) is 3.21. The Bertz CT molecular complexity index is 976. The second-order valence-corrected chi connectivity index (χ2v) is 8.89. The van der Waals surface area contributed by atoms with E-state index in [1.807, 2.05) is 0 Å². The number of aliphatic carboxylic acids is 1. The number of carboxylic acids is 1. The smallest absolute Gasteiger partial charge is 0.319 e. The van der Waals surface area contributed by atoms with Gasteiger partial charge in [-0.05, 0) is 30.3 Å². The summed E-state index contributed by atoms with van der Waals surface area (Å²) in [6.45, 7) is 2.22. The van der Waals surface area contributed by atoms with Gasteiger partial charge in [-0.3, -0.25) is 14.6 Å². The zero-order valence-corrected chi connectivity index (χ0v) is 19.0. The lowest BCUT2D eigenvalue weighted by molar-refractivity contribution is -0.137. The molecule has 172 valence electrons. The van der Waals surface area contributed by atoms with Crippen LogP contribution in [0.5, 0.6) is 0 Å². The maximum Gasteiger partial charge on any atom is 0.319 e. The number of aromatic nitrogens is 2. The van der Waals surface area contributed by atoms with Gasteiger partial charge >= 0.3 is 5.97 Å². The van der Waals surface area contributed by atoms with Crippen molar-refractivity contribution in [2.45, 2.75) is 81.3 Å². The van der Waals surface area contributed by atoms with Gasteiger partial charge in [0.1, 0.15) is 5.82 Å². The first kappa shape index (κ1) is 24.1. The molecule has 1 N–H and O–H groups in total. The molecule has 1 atom stereocenters. The number of rotatable bonds is 13. The van der Waals surface area contributed by atoms with Crippen LogP contribution in [-0.2, 0) is 11.2 Å². The van der Waals surface area contributed by atoms with Crippen LogP contribution in [0.3, 0.4) is 0 Å². The number of ketones is 1. The van der Waals surface area contributed by atoms with Crippen LogP contribution in [0.1, 0.15) is 81.0 Å². The lowest BCUT2D eigenvalue weighted by Crippen LogP contribution is -2.27. The van der Waals surface area contributed by atoms with Crippen molar-refractivity contribution < 1.29 is 23.5 Å². The van der Waals surface area contributed by atoms with E-state index in [2.05, 4.69) is 22.1 Å². The predicted molar refractivity (Wildman–Crippen MR) is 119 cm³/mol. The van der Waals surface area contributed by atoms with Crippen molar-refractivity contribution in [2.75, 3.05) is 0 Å². The van der Waals surface area contributed by atoms with E-state index in [4.69, 9.17) is 9.52 Å². The highest BCUT2D eigenvalue weighted by Crippen LogP contribution is 2.36.